The second-order valence-electron chi connectivity index (χ2n) is 8.34. The smallest absolute Gasteiger partial charge is 0.280 e. The zero-order valence-electron chi connectivity index (χ0n) is 20.2. The summed E-state index contributed by atoms with van der Waals surface area (Å²) in [5.41, 5.74) is 4.81. The number of hydrogen-bond acceptors (Lipinski definition) is 6. The summed E-state index contributed by atoms with van der Waals surface area (Å²) < 4.78 is 3.29. The molecule has 0 bridgehead atoms. The lowest BCUT2D eigenvalue weighted by atomic mass is 10.1. The average Bonchev–Trinajstić information content (AvgIpc) is 3.17. The summed E-state index contributed by atoms with van der Waals surface area (Å²) in [6.07, 6.45) is 0. The quantitative estimate of drug-likeness (QED) is 0.226. The molecule has 0 aliphatic heterocycles. The van der Waals surface area contributed by atoms with Crippen LogP contribution in [0.2, 0.25) is 0 Å². The van der Waals surface area contributed by atoms with Gasteiger partial charge in [0, 0.05) is 17.8 Å². The molecule has 35 heavy (non-hydrogen) atoms. The molecule has 4 rings (SSSR count). The molecule has 180 valence electrons. The highest BCUT2D eigenvalue weighted by atomic mass is 32.2. The first-order valence-electron chi connectivity index (χ1n) is 11.3. The fourth-order valence-corrected chi connectivity index (χ4v) is 4.55. The van der Waals surface area contributed by atoms with Crippen LogP contribution in [0.4, 0.5) is 5.69 Å². The maximum atomic E-state index is 13.6. The van der Waals surface area contributed by atoms with Crippen LogP contribution < -0.4 is 10.9 Å². The van der Waals surface area contributed by atoms with Gasteiger partial charge in [-0.05, 0) is 57.5 Å². The van der Waals surface area contributed by atoms with Crippen LogP contribution >= 0.6 is 11.8 Å². The number of aromatic nitrogens is 4. The van der Waals surface area contributed by atoms with Gasteiger partial charge in [-0.2, -0.15) is 5.10 Å². The molecule has 9 heteroatoms. The van der Waals surface area contributed by atoms with Crippen molar-refractivity contribution in [1.29, 1.82) is 0 Å². The molecular formula is C26H27N5O3S. The van der Waals surface area contributed by atoms with Gasteiger partial charge in [-0.25, -0.2) is 4.98 Å². The summed E-state index contributed by atoms with van der Waals surface area (Å²) in [6, 6.07) is 14.7. The van der Waals surface area contributed by atoms with E-state index in [0.717, 1.165) is 11.1 Å². The number of fused-ring (bicyclic) bond motifs is 1. The van der Waals surface area contributed by atoms with Crippen molar-refractivity contribution in [3.8, 4) is 0 Å². The van der Waals surface area contributed by atoms with Gasteiger partial charge in [0.25, 0.3) is 5.56 Å². The molecule has 8 nitrogen and oxygen atoms in total. The predicted octanol–water partition coefficient (Wildman–Crippen LogP) is 4.21. The zero-order chi connectivity index (χ0) is 25.1. The molecule has 0 saturated carbocycles. The van der Waals surface area contributed by atoms with Crippen LogP contribution in [0.5, 0.6) is 0 Å². The highest BCUT2D eigenvalue weighted by molar-refractivity contribution is 7.99. The minimum absolute atomic E-state index is 0.0341. The molecule has 0 aliphatic carbocycles. The number of rotatable bonds is 8. The largest absolute Gasteiger partial charge is 0.325 e. The molecule has 0 spiro atoms. The fraction of sp³-hybridized carbons (Fsp3) is 0.269. The summed E-state index contributed by atoms with van der Waals surface area (Å²) in [5.74, 6) is -0.197. The summed E-state index contributed by atoms with van der Waals surface area (Å²) in [6.45, 7) is 8.17. The van der Waals surface area contributed by atoms with Crippen molar-refractivity contribution in [3.05, 3.63) is 81.3 Å². The molecule has 2 heterocycles. The normalized spacial score (nSPS) is 11.1. The van der Waals surface area contributed by atoms with Crippen molar-refractivity contribution >= 4 is 40.2 Å². The van der Waals surface area contributed by atoms with E-state index in [-0.39, 0.29) is 23.0 Å². The lowest BCUT2D eigenvalue weighted by Crippen LogP contribution is -2.26. The van der Waals surface area contributed by atoms with E-state index < -0.39 is 0 Å². The van der Waals surface area contributed by atoms with E-state index in [2.05, 4.69) is 10.4 Å². The van der Waals surface area contributed by atoms with E-state index in [4.69, 9.17) is 4.98 Å². The Morgan fingerprint density at radius 1 is 1.03 bits per heavy atom. The Labute approximate surface area is 207 Å². The summed E-state index contributed by atoms with van der Waals surface area (Å²) in [7, 11) is 0. The molecule has 0 unspecified atom stereocenters. The van der Waals surface area contributed by atoms with E-state index in [1.165, 1.54) is 18.7 Å². The third-order valence-electron chi connectivity index (χ3n) is 5.65. The van der Waals surface area contributed by atoms with Gasteiger partial charge in [-0.1, -0.05) is 41.6 Å². The lowest BCUT2D eigenvalue weighted by molar-refractivity contribution is -0.113. The first kappa shape index (κ1) is 24.4. The van der Waals surface area contributed by atoms with Gasteiger partial charge >= 0.3 is 0 Å². The Morgan fingerprint density at radius 3 is 2.34 bits per heavy atom. The van der Waals surface area contributed by atoms with E-state index >= 15 is 0 Å². The summed E-state index contributed by atoms with van der Waals surface area (Å²) in [5, 5.41) is 7.76. The van der Waals surface area contributed by atoms with Crippen LogP contribution in [-0.2, 0) is 17.9 Å². The van der Waals surface area contributed by atoms with Crippen molar-refractivity contribution in [2.24, 2.45) is 0 Å². The van der Waals surface area contributed by atoms with Crippen LogP contribution in [-0.4, -0.2) is 36.8 Å². The second-order valence-corrected chi connectivity index (χ2v) is 9.28. The van der Waals surface area contributed by atoms with Gasteiger partial charge in [-0.3, -0.25) is 23.6 Å². The van der Waals surface area contributed by atoms with Crippen LogP contribution in [0.25, 0.3) is 11.0 Å². The Balaban J connectivity index is 1.62. The number of carbonyl (C=O) groups excluding carboxylic acids is 2. The van der Waals surface area contributed by atoms with E-state index in [0.29, 0.717) is 46.2 Å². The number of nitrogens with zero attached hydrogens (tertiary/aromatic N) is 4. The Hall–Kier alpha value is -3.72. The minimum Gasteiger partial charge on any atom is -0.325 e. The van der Waals surface area contributed by atoms with Crippen molar-refractivity contribution in [2.75, 3.05) is 11.1 Å². The van der Waals surface area contributed by atoms with E-state index in [1.54, 1.807) is 33.5 Å². The molecule has 0 saturated heterocycles. The maximum absolute atomic E-state index is 13.6. The van der Waals surface area contributed by atoms with Gasteiger partial charge in [0.2, 0.25) is 5.91 Å². The average molecular weight is 490 g/mol. The molecule has 4 aromatic rings. The Kier molecular flexibility index (Phi) is 7.16. The van der Waals surface area contributed by atoms with Crippen LogP contribution in [0, 0.1) is 13.8 Å². The third kappa shape index (κ3) is 5.35. The van der Waals surface area contributed by atoms with Gasteiger partial charge in [0.05, 0.1) is 18.0 Å². The third-order valence-corrected chi connectivity index (χ3v) is 6.63. The highest BCUT2D eigenvalue weighted by Crippen LogP contribution is 2.22. The monoisotopic (exact) mass is 489 g/mol. The molecule has 0 radical (unpaired) electrons. The fourth-order valence-electron chi connectivity index (χ4n) is 3.76. The number of carbonyl (C=O) groups is 2. The van der Waals surface area contributed by atoms with E-state index in [1.807, 2.05) is 45.0 Å². The highest BCUT2D eigenvalue weighted by Gasteiger charge is 2.19. The SMILES string of the molecule is CCn1nc(C)c2nc(SCC(=O)Nc3ccc(C(C)=O)cc3)n(Cc3ccc(C)cc3)c(=O)c21. The van der Waals surface area contributed by atoms with Gasteiger partial charge in [0.1, 0.15) is 5.52 Å². The van der Waals surface area contributed by atoms with Crippen LogP contribution in [0.3, 0.4) is 0 Å². The predicted molar refractivity (Wildman–Crippen MR) is 138 cm³/mol. The second kappa shape index (κ2) is 10.3. The maximum Gasteiger partial charge on any atom is 0.280 e. The molecule has 2 aromatic carbocycles. The summed E-state index contributed by atoms with van der Waals surface area (Å²) >= 11 is 1.21. The Morgan fingerprint density at radius 2 is 1.71 bits per heavy atom. The van der Waals surface area contributed by atoms with E-state index in [9.17, 15) is 14.4 Å². The Bertz CT molecular complexity index is 1450. The topological polar surface area (TPSA) is 98.9 Å². The standard InChI is InChI=1S/C26H27N5O3S/c1-5-31-24-23(17(3)29-31)28-26(30(25(24)34)14-19-8-6-16(2)7-9-19)35-15-22(33)27-21-12-10-20(11-13-21)18(4)32/h6-13H,5,14-15H2,1-4H3,(H,27,33). The van der Waals surface area contributed by atoms with Crippen molar-refractivity contribution < 1.29 is 9.59 Å². The number of anilines is 1. The number of thioether (sulfide) groups is 1. The number of ketones is 1. The van der Waals surface area contributed by atoms with Crippen molar-refractivity contribution in [2.45, 2.75) is 45.9 Å². The first-order chi connectivity index (χ1) is 16.8. The number of Topliss-reactive ketones (excluding diaryl/α,β-unsaturated/α-hetero) is 1. The van der Waals surface area contributed by atoms with Gasteiger partial charge in [-0.15, -0.1) is 0 Å². The van der Waals surface area contributed by atoms with Crippen molar-refractivity contribution in [1.82, 2.24) is 19.3 Å². The molecular weight excluding hydrogens is 462 g/mol. The summed E-state index contributed by atoms with van der Waals surface area (Å²) in [4.78, 5) is 42.4. The molecule has 1 N–H and O–H groups in total. The van der Waals surface area contributed by atoms with Crippen LogP contribution in [0.1, 0.15) is 41.0 Å². The minimum atomic E-state index is -0.234. The van der Waals surface area contributed by atoms with Crippen LogP contribution in [0.15, 0.2) is 58.5 Å². The van der Waals surface area contributed by atoms with Crippen molar-refractivity contribution in [3.63, 3.8) is 0 Å². The zero-order valence-corrected chi connectivity index (χ0v) is 21.0. The number of aryl methyl sites for hydroxylation is 3. The lowest BCUT2D eigenvalue weighted by Gasteiger charge is -2.13. The molecule has 1 amide bonds. The molecule has 0 atom stereocenters. The molecule has 2 aromatic heterocycles. The number of benzene rings is 2. The number of amides is 1. The van der Waals surface area contributed by atoms with Gasteiger partial charge < -0.3 is 5.32 Å². The number of hydrogen-bond donors (Lipinski definition) is 1. The molecule has 0 fully saturated rings. The molecule has 0 aliphatic rings. The first-order valence-corrected chi connectivity index (χ1v) is 12.3. The number of nitrogens with one attached hydrogen (secondary N) is 1. The van der Waals surface area contributed by atoms with Gasteiger partial charge in [0.15, 0.2) is 16.5 Å².